The molecule has 0 atom stereocenters. The Morgan fingerprint density at radius 2 is 2.14 bits per heavy atom. The molecule has 0 bridgehead atoms. The molecule has 1 aromatic carbocycles. The molecule has 0 radical (unpaired) electrons. The lowest BCUT2D eigenvalue weighted by Gasteiger charge is -2.02. The molecule has 0 amide bonds. The number of imidazole rings is 1. The second kappa shape index (κ2) is 4.78. The summed E-state index contributed by atoms with van der Waals surface area (Å²) in [6.45, 7) is 0. The Bertz CT molecular complexity index is 1000. The standard InChI is InChI=1S/C16H13FN4S/c1-18-16-13-14(21(2)8-19-13)15-11(20-16)7-12(22-15)9-4-3-5-10(17)6-9/h3-8H,1-2H3,(H,18,20). The van der Waals surface area contributed by atoms with Crippen LogP contribution in [0.2, 0.25) is 0 Å². The summed E-state index contributed by atoms with van der Waals surface area (Å²) in [4.78, 5) is 10.1. The molecule has 0 saturated heterocycles. The van der Waals surface area contributed by atoms with Crippen molar-refractivity contribution in [2.75, 3.05) is 12.4 Å². The number of benzene rings is 1. The van der Waals surface area contributed by atoms with Gasteiger partial charge in [0.05, 0.1) is 22.1 Å². The first kappa shape index (κ1) is 13.2. The Morgan fingerprint density at radius 1 is 1.27 bits per heavy atom. The maximum Gasteiger partial charge on any atom is 0.154 e. The highest BCUT2D eigenvalue weighted by molar-refractivity contribution is 7.23. The number of nitrogens with zero attached hydrogens (tertiary/aromatic N) is 3. The van der Waals surface area contributed by atoms with Crippen molar-refractivity contribution in [1.82, 2.24) is 14.5 Å². The van der Waals surface area contributed by atoms with Gasteiger partial charge in [0.15, 0.2) is 5.82 Å². The summed E-state index contributed by atoms with van der Waals surface area (Å²) in [5.74, 6) is 0.524. The van der Waals surface area contributed by atoms with Crippen molar-refractivity contribution in [3.8, 4) is 10.4 Å². The van der Waals surface area contributed by atoms with Crippen LogP contribution in [0.3, 0.4) is 0 Å². The van der Waals surface area contributed by atoms with Crippen LogP contribution in [-0.4, -0.2) is 21.6 Å². The molecule has 1 N–H and O–H groups in total. The average Bonchev–Trinajstić information content (AvgIpc) is 3.10. The number of hydrogen-bond donors (Lipinski definition) is 1. The van der Waals surface area contributed by atoms with E-state index in [2.05, 4.69) is 15.3 Å². The lowest BCUT2D eigenvalue weighted by Crippen LogP contribution is -1.94. The molecule has 0 saturated carbocycles. The van der Waals surface area contributed by atoms with Gasteiger partial charge in [-0.1, -0.05) is 12.1 Å². The Hall–Kier alpha value is -2.47. The van der Waals surface area contributed by atoms with E-state index in [4.69, 9.17) is 0 Å². The summed E-state index contributed by atoms with van der Waals surface area (Å²) in [5, 5.41) is 3.09. The normalized spacial score (nSPS) is 11.4. The molecule has 0 aliphatic carbocycles. The average molecular weight is 312 g/mol. The van der Waals surface area contributed by atoms with E-state index in [1.54, 1.807) is 29.8 Å². The highest BCUT2D eigenvalue weighted by Crippen LogP contribution is 2.38. The molecule has 3 aromatic heterocycles. The van der Waals surface area contributed by atoms with Gasteiger partial charge in [-0.05, 0) is 23.8 Å². The minimum absolute atomic E-state index is 0.232. The van der Waals surface area contributed by atoms with Gasteiger partial charge in [0.25, 0.3) is 0 Å². The lowest BCUT2D eigenvalue weighted by atomic mass is 10.2. The number of halogens is 1. The van der Waals surface area contributed by atoms with Gasteiger partial charge in [0.1, 0.15) is 11.3 Å². The molecular formula is C16H13FN4S. The lowest BCUT2D eigenvalue weighted by molar-refractivity contribution is 0.628. The minimum atomic E-state index is -0.232. The first-order valence-corrected chi connectivity index (χ1v) is 7.67. The van der Waals surface area contributed by atoms with E-state index in [1.807, 2.05) is 30.8 Å². The first-order chi connectivity index (χ1) is 10.7. The third-order valence-electron chi connectivity index (χ3n) is 3.67. The van der Waals surface area contributed by atoms with Crippen LogP contribution in [0.15, 0.2) is 36.7 Å². The van der Waals surface area contributed by atoms with Gasteiger partial charge >= 0.3 is 0 Å². The monoisotopic (exact) mass is 312 g/mol. The van der Waals surface area contributed by atoms with Crippen LogP contribution in [0, 0.1) is 5.82 Å². The number of thiophene rings is 1. The molecule has 0 aliphatic heterocycles. The van der Waals surface area contributed by atoms with Crippen molar-refractivity contribution in [3.05, 3.63) is 42.5 Å². The van der Waals surface area contributed by atoms with Gasteiger partial charge in [-0.15, -0.1) is 11.3 Å². The Balaban J connectivity index is 2.05. The topological polar surface area (TPSA) is 42.7 Å². The molecular weight excluding hydrogens is 299 g/mol. The van der Waals surface area contributed by atoms with Gasteiger partial charge in [-0.3, -0.25) is 0 Å². The fourth-order valence-corrected chi connectivity index (χ4v) is 3.82. The van der Waals surface area contributed by atoms with E-state index < -0.39 is 0 Å². The Labute approximate surface area is 130 Å². The van der Waals surface area contributed by atoms with Gasteiger partial charge in [0, 0.05) is 19.0 Å². The Kier molecular flexibility index (Phi) is 2.87. The maximum absolute atomic E-state index is 13.5. The van der Waals surface area contributed by atoms with Crippen LogP contribution < -0.4 is 5.32 Å². The van der Waals surface area contributed by atoms with Gasteiger partial charge in [-0.2, -0.15) is 0 Å². The predicted octanol–water partition coefficient (Wildman–Crippen LogP) is 4.03. The quantitative estimate of drug-likeness (QED) is 0.607. The third-order valence-corrected chi connectivity index (χ3v) is 4.85. The fraction of sp³-hybridized carbons (Fsp3) is 0.125. The van der Waals surface area contributed by atoms with Crippen LogP contribution in [0.4, 0.5) is 10.2 Å². The molecule has 110 valence electrons. The smallest absolute Gasteiger partial charge is 0.154 e. The third kappa shape index (κ3) is 1.88. The molecule has 3 heterocycles. The van der Waals surface area contributed by atoms with E-state index in [0.29, 0.717) is 0 Å². The summed E-state index contributed by atoms with van der Waals surface area (Å²) in [6.07, 6.45) is 1.79. The number of hydrogen-bond acceptors (Lipinski definition) is 4. The summed E-state index contributed by atoms with van der Waals surface area (Å²) in [7, 11) is 3.80. The number of pyridine rings is 1. The number of rotatable bonds is 2. The highest BCUT2D eigenvalue weighted by Gasteiger charge is 2.15. The van der Waals surface area contributed by atoms with Gasteiger partial charge in [0.2, 0.25) is 0 Å². The van der Waals surface area contributed by atoms with Crippen molar-refractivity contribution in [2.24, 2.45) is 7.05 Å². The largest absolute Gasteiger partial charge is 0.371 e. The van der Waals surface area contributed by atoms with E-state index in [-0.39, 0.29) is 5.82 Å². The molecule has 0 fully saturated rings. The number of aromatic nitrogens is 3. The molecule has 22 heavy (non-hydrogen) atoms. The fourth-order valence-electron chi connectivity index (χ4n) is 2.64. The SMILES string of the molecule is CNc1nc2cc(-c3cccc(F)c3)sc2c2c1ncn2C. The van der Waals surface area contributed by atoms with Crippen LogP contribution in [-0.2, 0) is 7.05 Å². The molecule has 0 unspecified atom stereocenters. The maximum atomic E-state index is 13.5. The summed E-state index contributed by atoms with van der Waals surface area (Å²) in [6, 6.07) is 8.63. The van der Waals surface area contributed by atoms with Crippen molar-refractivity contribution < 1.29 is 4.39 Å². The minimum Gasteiger partial charge on any atom is -0.371 e. The molecule has 4 aromatic rings. The summed E-state index contributed by atoms with van der Waals surface area (Å²) >= 11 is 1.61. The second-order valence-electron chi connectivity index (χ2n) is 5.10. The zero-order chi connectivity index (χ0) is 15.3. The molecule has 4 rings (SSSR count). The molecule has 6 heteroatoms. The summed E-state index contributed by atoms with van der Waals surface area (Å²) < 4.78 is 16.5. The number of nitrogens with one attached hydrogen (secondary N) is 1. The molecule has 0 spiro atoms. The van der Waals surface area contributed by atoms with Gasteiger partial charge < -0.3 is 9.88 Å². The predicted molar refractivity (Wildman–Crippen MR) is 88.8 cm³/mol. The van der Waals surface area contributed by atoms with Crippen LogP contribution >= 0.6 is 11.3 Å². The zero-order valence-electron chi connectivity index (χ0n) is 12.1. The van der Waals surface area contributed by atoms with Crippen molar-refractivity contribution in [2.45, 2.75) is 0 Å². The number of anilines is 1. The van der Waals surface area contributed by atoms with E-state index in [0.717, 1.165) is 37.5 Å². The van der Waals surface area contributed by atoms with Crippen LogP contribution in [0.5, 0.6) is 0 Å². The molecule has 0 aliphatic rings. The van der Waals surface area contributed by atoms with E-state index in [9.17, 15) is 4.39 Å². The van der Waals surface area contributed by atoms with Crippen LogP contribution in [0.25, 0.3) is 31.7 Å². The van der Waals surface area contributed by atoms with E-state index >= 15 is 0 Å². The van der Waals surface area contributed by atoms with Crippen molar-refractivity contribution >= 4 is 38.4 Å². The van der Waals surface area contributed by atoms with Crippen molar-refractivity contribution in [1.29, 1.82) is 0 Å². The number of aryl methyl sites for hydroxylation is 1. The Morgan fingerprint density at radius 3 is 2.91 bits per heavy atom. The summed E-state index contributed by atoms with van der Waals surface area (Å²) in [5.41, 5.74) is 3.65. The zero-order valence-corrected chi connectivity index (χ0v) is 12.9. The van der Waals surface area contributed by atoms with Gasteiger partial charge in [-0.25, -0.2) is 14.4 Å². The second-order valence-corrected chi connectivity index (χ2v) is 6.15. The molecule has 4 nitrogen and oxygen atoms in total. The van der Waals surface area contributed by atoms with E-state index in [1.165, 1.54) is 6.07 Å². The highest BCUT2D eigenvalue weighted by atomic mass is 32.1. The first-order valence-electron chi connectivity index (χ1n) is 6.85. The van der Waals surface area contributed by atoms with Crippen molar-refractivity contribution in [3.63, 3.8) is 0 Å². The van der Waals surface area contributed by atoms with Crippen LogP contribution in [0.1, 0.15) is 0 Å². The number of fused-ring (bicyclic) bond motifs is 3.